The molecule has 0 aliphatic heterocycles. The molecular weight excluding hydrogens is 224 g/mol. The Labute approximate surface area is 99.1 Å². The fraction of sp³-hybridized carbons (Fsp3) is 0.600. The maximum Gasteiger partial charge on any atom is 0.305 e. The molecule has 94 valence electrons. The lowest BCUT2D eigenvalue weighted by atomic mass is 10.0. The van der Waals surface area contributed by atoms with E-state index >= 15 is 0 Å². The Bertz CT molecular complexity index is 366. The smallest absolute Gasteiger partial charge is 0.305 e. The fourth-order valence-corrected chi connectivity index (χ4v) is 1.42. The molecule has 7 heteroatoms. The fourth-order valence-electron chi connectivity index (χ4n) is 1.42. The Morgan fingerprint density at radius 3 is 2.47 bits per heavy atom. The number of aliphatic hydroxyl groups is 1. The molecule has 1 rings (SSSR count). The van der Waals surface area contributed by atoms with E-state index in [-0.39, 0.29) is 24.3 Å². The molecular formula is C10H16N4O3. The van der Waals surface area contributed by atoms with Gasteiger partial charge in [-0.25, -0.2) is 9.97 Å². The molecule has 1 aromatic heterocycles. The molecule has 0 spiro atoms. The Balaban J connectivity index is 2.64. The van der Waals surface area contributed by atoms with Gasteiger partial charge in [-0.05, 0) is 12.3 Å². The van der Waals surface area contributed by atoms with Crippen molar-refractivity contribution in [2.75, 3.05) is 11.9 Å². The molecule has 1 atom stereocenters. The third-order valence-corrected chi connectivity index (χ3v) is 2.16. The molecule has 0 bridgehead atoms. The first kappa shape index (κ1) is 13.3. The van der Waals surface area contributed by atoms with Crippen LogP contribution in [-0.4, -0.2) is 32.6 Å². The molecule has 1 heterocycles. The number of nitrogens with zero attached hydrogens (tertiary/aromatic N) is 3. The van der Waals surface area contributed by atoms with Crippen molar-refractivity contribution >= 4 is 11.6 Å². The Morgan fingerprint density at radius 1 is 1.47 bits per heavy atom. The van der Waals surface area contributed by atoms with Crippen molar-refractivity contribution < 1.29 is 10.0 Å². The van der Waals surface area contributed by atoms with Gasteiger partial charge in [-0.15, -0.1) is 0 Å². The van der Waals surface area contributed by atoms with Crippen LogP contribution in [0, 0.1) is 16.0 Å². The van der Waals surface area contributed by atoms with Gasteiger partial charge in [0, 0.05) is 0 Å². The summed E-state index contributed by atoms with van der Waals surface area (Å²) in [7, 11) is 0. The number of aliphatic hydroxyl groups excluding tert-OH is 1. The van der Waals surface area contributed by atoms with Gasteiger partial charge in [-0.1, -0.05) is 13.8 Å². The summed E-state index contributed by atoms with van der Waals surface area (Å²) in [6, 6.07) is -0.142. The summed E-state index contributed by atoms with van der Waals surface area (Å²) in [4.78, 5) is 17.5. The molecule has 0 aliphatic carbocycles. The lowest BCUT2D eigenvalue weighted by Crippen LogP contribution is -2.26. The van der Waals surface area contributed by atoms with Crippen LogP contribution in [0.3, 0.4) is 0 Å². The second-order valence-electron chi connectivity index (χ2n) is 4.18. The topological polar surface area (TPSA) is 101 Å². The van der Waals surface area contributed by atoms with E-state index in [9.17, 15) is 10.1 Å². The van der Waals surface area contributed by atoms with Gasteiger partial charge in [0.1, 0.15) is 12.4 Å². The molecule has 7 nitrogen and oxygen atoms in total. The predicted octanol–water partition coefficient (Wildman–Crippen LogP) is 1.20. The second kappa shape index (κ2) is 6.09. The third-order valence-electron chi connectivity index (χ3n) is 2.16. The monoisotopic (exact) mass is 240 g/mol. The lowest BCUT2D eigenvalue weighted by molar-refractivity contribution is -0.385. The van der Waals surface area contributed by atoms with E-state index < -0.39 is 4.92 Å². The highest BCUT2D eigenvalue weighted by molar-refractivity contribution is 5.31. The molecule has 0 aliphatic rings. The van der Waals surface area contributed by atoms with E-state index in [1.54, 1.807) is 0 Å². The van der Waals surface area contributed by atoms with Crippen LogP contribution < -0.4 is 5.32 Å². The zero-order valence-corrected chi connectivity index (χ0v) is 9.83. The zero-order valence-electron chi connectivity index (χ0n) is 9.83. The van der Waals surface area contributed by atoms with Crippen molar-refractivity contribution in [1.82, 2.24) is 9.97 Å². The first-order valence-electron chi connectivity index (χ1n) is 5.36. The van der Waals surface area contributed by atoms with Crippen LogP contribution in [0.2, 0.25) is 0 Å². The summed E-state index contributed by atoms with van der Waals surface area (Å²) in [5.74, 6) is 0.716. The van der Waals surface area contributed by atoms with Crippen molar-refractivity contribution in [3.8, 4) is 0 Å². The normalized spacial score (nSPS) is 12.5. The van der Waals surface area contributed by atoms with Gasteiger partial charge < -0.3 is 10.4 Å². The van der Waals surface area contributed by atoms with Crippen molar-refractivity contribution in [3.05, 3.63) is 22.5 Å². The van der Waals surface area contributed by atoms with E-state index in [1.807, 2.05) is 13.8 Å². The minimum Gasteiger partial charge on any atom is -0.394 e. The number of nitrogens with one attached hydrogen (secondary N) is 1. The van der Waals surface area contributed by atoms with Gasteiger partial charge in [-0.2, -0.15) is 0 Å². The average Bonchev–Trinajstić information content (AvgIpc) is 2.28. The summed E-state index contributed by atoms with van der Waals surface area (Å²) in [6.45, 7) is 4.06. The van der Waals surface area contributed by atoms with Gasteiger partial charge in [-0.3, -0.25) is 10.1 Å². The summed E-state index contributed by atoms with van der Waals surface area (Å²) in [5, 5.41) is 22.5. The van der Waals surface area contributed by atoms with Gasteiger partial charge in [0.05, 0.1) is 17.6 Å². The molecule has 1 unspecified atom stereocenters. The molecule has 17 heavy (non-hydrogen) atoms. The summed E-state index contributed by atoms with van der Waals surface area (Å²) >= 11 is 0. The maximum absolute atomic E-state index is 10.4. The number of anilines is 1. The van der Waals surface area contributed by atoms with E-state index in [0.29, 0.717) is 5.92 Å². The van der Waals surface area contributed by atoms with Crippen LogP contribution in [0.5, 0.6) is 0 Å². The Kier molecular flexibility index (Phi) is 4.77. The van der Waals surface area contributed by atoms with Crippen molar-refractivity contribution in [2.45, 2.75) is 26.3 Å². The van der Waals surface area contributed by atoms with Gasteiger partial charge in [0.25, 0.3) is 0 Å². The summed E-state index contributed by atoms with van der Waals surface area (Å²) in [5.41, 5.74) is -0.153. The SMILES string of the molecule is CC(C)CC(CO)Nc1ncc([N+](=O)[O-])cn1. The number of hydrogen-bond acceptors (Lipinski definition) is 6. The highest BCUT2D eigenvalue weighted by Gasteiger charge is 2.12. The minimum absolute atomic E-state index is 0.0292. The minimum atomic E-state index is -0.554. The molecule has 2 N–H and O–H groups in total. The molecule has 0 radical (unpaired) electrons. The van der Waals surface area contributed by atoms with Gasteiger partial charge >= 0.3 is 5.69 Å². The van der Waals surface area contributed by atoms with Crippen LogP contribution in [0.1, 0.15) is 20.3 Å². The predicted molar refractivity (Wildman–Crippen MR) is 62.6 cm³/mol. The molecule has 1 aromatic rings. The van der Waals surface area contributed by atoms with Crippen LogP contribution in [0.25, 0.3) is 0 Å². The molecule has 0 saturated carbocycles. The standard InChI is InChI=1S/C10H16N4O3/c1-7(2)3-8(6-15)13-10-11-4-9(5-12-10)14(16)17/h4-5,7-8,15H,3,6H2,1-2H3,(H,11,12,13). The summed E-state index contributed by atoms with van der Waals surface area (Å²) in [6.07, 6.45) is 3.05. The summed E-state index contributed by atoms with van der Waals surface area (Å²) < 4.78 is 0. The lowest BCUT2D eigenvalue weighted by Gasteiger charge is -2.17. The van der Waals surface area contributed by atoms with Crippen LogP contribution in [0.4, 0.5) is 11.6 Å². The molecule has 0 amide bonds. The molecule has 0 fully saturated rings. The molecule has 0 aromatic carbocycles. The zero-order chi connectivity index (χ0) is 12.8. The first-order valence-corrected chi connectivity index (χ1v) is 5.36. The maximum atomic E-state index is 10.4. The van der Waals surface area contributed by atoms with Crippen LogP contribution in [-0.2, 0) is 0 Å². The van der Waals surface area contributed by atoms with Crippen LogP contribution in [0.15, 0.2) is 12.4 Å². The molecule has 0 saturated heterocycles. The van der Waals surface area contributed by atoms with Gasteiger partial charge in [0.2, 0.25) is 5.95 Å². The highest BCUT2D eigenvalue weighted by atomic mass is 16.6. The van der Waals surface area contributed by atoms with E-state index in [2.05, 4.69) is 15.3 Å². The largest absolute Gasteiger partial charge is 0.394 e. The first-order chi connectivity index (χ1) is 8.02. The number of rotatable bonds is 6. The Hall–Kier alpha value is -1.76. The quantitative estimate of drug-likeness (QED) is 0.572. The highest BCUT2D eigenvalue weighted by Crippen LogP contribution is 2.11. The van der Waals surface area contributed by atoms with E-state index in [4.69, 9.17) is 5.11 Å². The van der Waals surface area contributed by atoms with Crippen molar-refractivity contribution in [3.63, 3.8) is 0 Å². The second-order valence-corrected chi connectivity index (χ2v) is 4.18. The van der Waals surface area contributed by atoms with Gasteiger partial charge in [0.15, 0.2) is 0 Å². The number of nitro groups is 1. The van der Waals surface area contributed by atoms with E-state index in [1.165, 1.54) is 0 Å². The number of hydrogen-bond donors (Lipinski definition) is 2. The average molecular weight is 240 g/mol. The van der Waals surface area contributed by atoms with E-state index in [0.717, 1.165) is 18.8 Å². The number of aromatic nitrogens is 2. The van der Waals surface area contributed by atoms with Crippen molar-refractivity contribution in [1.29, 1.82) is 0 Å². The van der Waals surface area contributed by atoms with Crippen molar-refractivity contribution in [2.24, 2.45) is 5.92 Å². The van der Waals surface area contributed by atoms with Crippen LogP contribution >= 0.6 is 0 Å². The Morgan fingerprint density at radius 2 is 2.06 bits per heavy atom. The third kappa shape index (κ3) is 4.31.